The third kappa shape index (κ3) is 2.11. The van der Waals surface area contributed by atoms with Gasteiger partial charge in [-0.05, 0) is 32.2 Å². The molecule has 1 aromatic rings. The van der Waals surface area contributed by atoms with Gasteiger partial charge >= 0.3 is 0 Å². The molecule has 1 saturated heterocycles. The quantitative estimate of drug-likeness (QED) is 0.901. The van der Waals surface area contributed by atoms with E-state index in [0.29, 0.717) is 11.3 Å². The Morgan fingerprint density at radius 3 is 2.95 bits per heavy atom. The predicted molar refractivity (Wildman–Crippen MR) is 79.3 cm³/mol. The van der Waals surface area contributed by atoms with Crippen LogP contribution in [0.5, 0.6) is 11.5 Å². The highest BCUT2D eigenvalue weighted by Gasteiger charge is 2.48. The SMILES string of the molecule is CNC1CC2(CCSC2C)Oc2cc(OC)ccc21. The zero-order chi connectivity index (χ0) is 13.5. The summed E-state index contributed by atoms with van der Waals surface area (Å²) in [4.78, 5) is 0. The minimum absolute atomic E-state index is 0.0162. The van der Waals surface area contributed by atoms with Crippen LogP contribution in [0.15, 0.2) is 18.2 Å². The maximum absolute atomic E-state index is 6.43. The van der Waals surface area contributed by atoms with E-state index < -0.39 is 0 Å². The molecule has 1 fully saturated rings. The fourth-order valence-electron chi connectivity index (χ4n) is 3.16. The molecular weight excluding hydrogens is 258 g/mol. The molecule has 1 N–H and O–H groups in total. The summed E-state index contributed by atoms with van der Waals surface area (Å²) >= 11 is 2.02. The highest BCUT2D eigenvalue weighted by molar-refractivity contribution is 8.00. The van der Waals surface area contributed by atoms with Crippen molar-refractivity contribution in [2.24, 2.45) is 0 Å². The Morgan fingerprint density at radius 2 is 2.32 bits per heavy atom. The molecule has 3 unspecified atom stereocenters. The van der Waals surface area contributed by atoms with Crippen LogP contribution in [0.4, 0.5) is 0 Å². The van der Waals surface area contributed by atoms with Crippen molar-refractivity contribution < 1.29 is 9.47 Å². The number of rotatable bonds is 2. The lowest BCUT2D eigenvalue weighted by Crippen LogP contribution is -2.47. The minimum Gasteiger partial charge on any atom is -0.497 e. The van der Waals surface area contributed by atoms with Crippen LogP contribution in [0, 0.1) is 0 Å². The minimum atomic E-state index is -0.0162. The molecule has 0 radical (unpaired) electrons. The average molecular weight is 279 g/mol. The topological polar surface area (TPSA) is 30.5 Å². The maximum atomic E-state index is 6.43. The largest absolute Gasteiger partial charge is 0.497 e. The van der Waals surface area contributed by atoms with Gasteiger partial charge in [-0.2, -0.15) is 11.8 Å². The molecule has 19 heavy (non-hydrogen) atoms. The Bertz CT molecular complexity index is 479. The summed E-state index contributed by atoms with van der Waals surface area (Å²) in [5.74, 6) is 3.04. The van der Waals surface area contributed by atoms with Gasteiger partial charge < -0.3 is 14.8 Å². The monoisotopic (exact) mass is 279 g/mol. The van der Waals surface area contributed by atoms with Crippen LogP contribution in [0.3, 0.4) is 0 Å². The number of benzene rings is 1. The number of methoxy groups -OCH3 is 1. The Labute approximate surface area is 119 Å². The number of ether oxygens (including phenoxy) is 2. The van der Waals surface area contributed by atoms with Crippen LogP contribution in [-0.2, 0) is 0 Å². The van der Waals surface area contributed by atoms with Crippen LogP contribution < -0.4 is 14.8 Å². The van der Waals surface area contributed by atoms with Gasteiger partial charge in [-0.15, -0.1) is 0 Å². The smallest absolute Gasteiger partial charge is 0.128 e. The van der Waals surface area contributed by atoms with E-state index in [4.69, 9.17) is 9.47 Å². The number of nitrogens with one attached hydrogen (secondary N) is 1. The van der Waals surface area contributed by atoms with E-state index in [9.17, 15) is 0 Å². The lowest BCUT2D eigenvalue weighted by molar-refractivity contribution is 0.0362. The molecule has 2 aliphatic heterocycles. The van der Waals surface area contributed by atoms with Crippen molar-refractivity contribution in [3.63, 3.8) is 0 Å². The second-order valence-corrected chi connectivity index (χ2v) is 6.83. The van der Waals surface area contributed by atoms with Gasteiger partial charge in [-0.3, -0.25) is 0 Å². The zero-order valence-corrected chi connectivity index (χ0v) is 12.5. The van der Waals surface area contributed by atoms with Crippen LogP contribution in [0.25, 0.3) is 0 Å². The molecule has 0 bridgehead atoms. The molecule has 3 atom stereocenters. The fourth-order valence-corrected chi connectivity index (χ4v) is 4.54. The van der Waals surface area contributed by atoms with Crippen LogP contribution >= 0.6 is 11.8 Å². The van der Waals surface area contributed by atoms with Crippen molar-refractivity contribution in [3.05, 3.63) is 23.8 Å². The second-order valence-electron chi connectivity index (χ2n) is 5.38. The third-order valence-electron chi connectivity index (χ3n) is 4.44. The van der Waals surface area contributed by atoms with E-state index in [0.717, 1.165) is 24.3 Å². The van der Waals surface area contributed by atoms with E-state index in [-0.39, 0.29) is 5.60 Å². The summed E-state index contributed by atoms with van der Waals surface area (Å²) in [7, 11) is 3.73. The Balaban J connectivity index is 2.01. The van der Waals surface area contributed by atoms with E-state index in [1.807, 2.05) is 30.9 Å². The third-order valence-corrected chi connectivity index (χ3v) is 5.81. The van der Waals surface area contributed by atoms with Crippen LogP contribution in [0.1, 0.15) is 31.4 Å². The van der Waals surface area contributed by atoms with Crippen molar-refractivity contribution in [1.82, 2.24) is 5.32 Å². The molecule has 0 aliphatic carbocycles. The summed E-state index contributed by atoms with van der Waals surface area (Å²) in [6, 6.07) is 6.53. The van der Waals surface area contributed by atoms with E-state index >= 15 is 0 Å². The number of hydrogen-bond donors (Lipinski definition) is 1. The van der Waals surface area contributed by atoms with Gasteiger partial charge in [0.2, 0.25) is 0 Å². The summed E-state index contributed by atoms with van der Waals surface area (Å²) in [6.07, 6.45) is 2.19. The maximum Gasteiger partial charge on any atom is 0.128 e. The van der Waals surface area contributed by atoms with Gasteiger partial charge in [0.1, 0.15) is 17.1 Å². The van der Waals surface area contributed by atoms with Gasteiger partial charge in [-0.1, -0.05) is 6.07 Å². The lowest BCUT2D eigenvalue weighted by atomic mass is 9.83. The normalized spacial score (nSPS) is 33.0. The summed E-state index contributed by atoms with van der Waals surface area (Å²) in [6.45, 7) is 2.29. The molecule has 0 amide bonds. The van der Waals surface area contributed by atoms with E-state index in [1.165, 1.54) is 11.3 Å². The molecule has 0 aromatic heterocycles. The summed E-state index contributed by atoms with van der Waals surface area (Å²) in [5, 5.41) is 3.98. The highest BCUT2D eigenvalue weighted by atomic mass is 32.2. The Hall–Kier alpha value is -0.870. The number of fused-ring (bicyclic) bond motifs is 1. The van der Waals surface area contributed by atoms with Crippen LogP contribution in [0.2, 0.25) is 0 Å². The molecule has 4 heteroatoms. The van der Waals surface area contributed by atoms with E-state index in [1.54, 1.807) is 7.11 Å². The van der Waals surface area contributed by atoms with E-state index in [2.05, 4.69) is 18.3 Å². The average Bonchev–Trinajstić information content (AvgIpc) is 2.77. The first-order chi connectivity index (χ1) is 9.18. The van der Waals surface area contributed by atoms with Crippen molar-refractivity contribution >= 4 is 11.8 Å². The zero-order valence-electron chi connectivity index (χ0n) is 11.7. The van der Waals surface area contributed by atoms with Gasteiger partial charge in [0.05, 0.1) is 7.11 Å². The first-order valence-electron chi connectivity index (χ1n) is 6.84. The summed E-state index contributed by atoms with van der Waals surface area (Å²) in [5.41, 5.74) is 1.23. The van der Waals surface area contributed by atoms with Crippen molar-refractivity contribution in [3.8, 4) is 11.5 Å². The second kappa shape index (κ2) is 4.91. The van der Waals surface area contributed by atoms with Crippen molar-refractivity contribution in [2.75, 3.05) is 19.9 Å². The molecule has 3 rings (SSSR count). The molecule has 2 heterocycles. The number of thioether (sulfide) groups is 1. The molecule has 0 saturated carbocycles. The molecule has 1 spiro atoms. The predicted octanol–water partition coefficient (Wildman–Crippen LogP) is 3.00. The van der Waals surface area contributed by atoms with Crippen LogP contribution in [-0.4, -0.2) is 30.8 Å². The molecular formula is C15H21NO2S. The Morgan fingerprint density at radius 1 is 1.47 bits per heavy atom. The van der Waals surface area contributed by atoms with Crippen molar-refractivity contribution in [2.45, 2.75) is 36.7 Å². The first kappa shape index (κ1) is 13.1. The highest BCUT2D eigenvalue weighted by Crippen LogP contribution is 2.49. The van der Waals surface area contributed by atoms with Gasteiger partial charge in [0.25, 0.3) is 0 Å². The molecule has 104 valence electrons. The van der Waals surface area contributed by atoms with Crippen molar-refractivity contribution in [1.29, 1.82) is 0 Å². The summed E-state index contributed by atoms with van der Waals surface area (Å²) < 4.78 is 11.7. The lowest BCUT2D eigenvalue weighted by Gasteiger charge is -2.42. The number of hydrogen-bond acceptors (Lipinski definition) is 4. The standard InChI is InChI=1S/C15H21NO2S/c1-10-15(6-7-19-10)9-13(16-2)12-5-4-11(17-3)8-14(12)18-15/h4-5,8,10,13,16H,6-7,9H2,1-3H3. The van der Waals surface area contributed by atoms with Gasteiger partial charge in [0.15, 0.2) is 0 Å². The van der Waals surface area contributed by atoms with Gasteiger partial charge in [-0.25, -0.2) is 0 Å². The van der Waals surface area contributed by atoms with Gasteiger partial charge in [0, 0.05) is 29.3 Å². The molecule has 1 aromatic carbocycles. The first-order valence-corrected chi connectivity index (χ1v) is 7.89. The molecule has 3 nitrogen and oxygen atoms in total. The fraction of sp³-hybridized carbons (Fsp3) is 0.600. The Kier molecular flexibility index (Phi) is 3.39. The molecule has 2 aliphatic rings.